The Morgan fingerprint density at radius 1 is 1.67 bits per heavy atom. The van der Waals surface area contributed by atoms with Crippen molar-refractivity contribution < 1.29 is 8.78 Å². The van der Waals surface area contributed by atoms with Crippen molar-refractivity contribution in [3.05, 3.63) is 16.4 Å². The molecule has 0 aliphatic rings. The number of rotatable bonds is 3. The molecule has 0 N–H and O–H groups in total. The van der Waals surface area contributed by atoms with Crippen LogP contribution in [0.15, 0.2) is 10.7 Å². The minimum absolute atomic E-state index is 0.335. The van der Waals surface area contributed by atoms with E-state index >= 15 is 0 Å². The molecule has 2 nitrogen and oxygen atoms in total. The number of alkyl halides is 2. The van der Waals surface area contributed by atoms with Gasteiger partial charge in [-0.1, -0.05) is 6.92 Å². The average molecular weight is 239 g/mol. The molecule has 0 spiro atoms. The minimum atomic E-state index is -2.35. The minimum Gasteiger partial charge on any atom is -0.266 e. The van der Waals surface area contributed by atoms with Crippen LogP contribution in [0.3, 0.4) is 0 Å². The van der Waals surface area contributed by atoms with E-state index in [0.717, 1.165) is 16.6 Å². The van der Waals surface area contributed by atoms with E-state index in [1.165, 1.54) is 4.68 Å². The summed E-state index contributed by atoms with van der Waals surface area (Å²) in [6, 6.07) is 0. The summed E-state index contributed by atoms with van der Waals surface area (Å²) in [6.45, 7) is 1.60. The lowest BCUT2D eigenvalue weighted by atomic mass is 10.3. The maximum absolute atomic E-state index is 11.9. The summed E-state index contributed by atoms with van der Waals surface area (Å²) >= 11 is 3.24. The Hall–Kier alpha value is -0.450. The highest BCUT2D eigenvalue weighted by atomic mass is 79.9. The zero-order valence-electron chi connectivity index (χ0n) is 6.60. The van der Waals surface area contributed by atoms with Gasteiger partial charge in [-0.2, -0.15) is 5.10 Å². The molecule has 12 heavy (non-hydrogen) atoms. The normalized spacial score (nSPS) is 11.1. The molecule has 0 saturated heterocycles. The number of nitrogens with zero attached hydrogens (tertiary/aromatic N) is 2. The highest BCUT2D eigenvalue weighted by Crippen LogP contribution is 2.15. The van der Waals surface area contributed by atoms with Gasteiger partial charge in [0.15, 0.2) is 0 Å². The predicted octanol–water partition coefficient (Wildman–Crippen LogP) is 2.47. The molecule has 0 fully saturated rings. The van der Waals surface area contributed by atoms with Gasteiger partial charge in [-0.3, -0.25) is 4.68 Å². The van der Waals surface area contributed by atoms with Gasteiger partial charge >= 0.3 is 0 Å². The topological polar surface area (TPSA) is 17.8 Å². The fourth-order valence-electron chi connectivity index (χ4n) is 0.912. The predicted molar refractivity (Wildman–Crippen MR) is 45.3 cm³/mol. The van der Waals surface area contributed by atoms with Crippen molar-refractivity contribution in [2.45, 2.75) is 26.3 Å². The summed E-state index contributed by atoms with van der Waals surface area (Å²) in [5, 5.41) is 3.96. The number of halogens is 3. The molecule has 5 heteroatoms. The fraction of sp³-hybridized carbons (Fsp3) is 0.571. The van der Waals surface area contributed by atoms with E-state index in [9.17, 15) is 8.78 Å². The van der Waals surface area contributed by atoms with Gasteiger partial charge < -0.3 is 0 Å². The summed E-state index contributed by atoms with van der Waals surface area (Å²) in [5.41, 5.74) is 0.815. The number of hydrogen-bond acceptors (Lipinski definition) is 1. The Kier molecular flexibility index (Phi) is 3.20. The fourth-order valence-corrected chi connectivity index (χ4v) is 1.51. The van der Waals surface area contributed by atoms with Crippen LogP contribution in [0.4, 0.5) is 8.78 Å². The molecule has 1 rings (SSSR count). The second kappa shape index (κ2) is 3.98. The summed E-state index contributed by atoms with van der Waals surface area (Å²) in [4.78, 5) is 0. The van der Waals surface area contributed by atoms with Crippen LogP contribution < -0.4 is 0 Å². The first-order valence-electron chi connectivity index (χ1n) is 3.63. The van der Waals surface area contributed by atoms with Crippen molar-refractivity contribution in [2.24, 2.45) is 0 Å². The van der Waals surface area contributed by atoms with Gasteiger partial charge in [0.05, 0.1) is 10.2 Å². The highest BCUT2D eigenvalue weighted by Gasteiger charge is 2.08. The van der Waals surface area contributed by atoms with Crippen LogP contribution in [-0.4, -0.2) is 16.2 Å². The molecule has 0 unspecified atom stereocenters. The Balaban J connectivity index is 2.75. The highest BCUT2D eigenvalue weighted by molar-refractivity contribution is 9.10. The molecular weight excluding hydrogens is 230 g/mol. The Bertz CT molecular complexity index is 260. The molecule has 1 aromatic rings. The zero-order valence-corrected chi connectivity index (χ0v) is 8.18. The van der Waals surface area contributed by atoms with Crippen LogP contribution >= 0.6 is 15.9 Å². The van der Waals surface area contributed by atoms with E-state index in [4.69, 9.17) is 0 Å². The van der Waals surface area contributed by atoms with Gasteiger partial charge in [-0.05, 0) is 22.4 Å². The monoisotopic (exact) mass is 238 g/mol. The van der Waals surface area contributed by atoms with E-state index in [1.54, 1.807) is 6.20 Å². The molecule has 0 aromatic carbocycles. The second-order valence-corrected chi connectivity index (χ2v) is 3.24. The molecule has 1 heterocycles. The Labute approximate surface area is 77.7 Å². The largest absolute Gasteiger partial charge is 0.266 e. The standard InChI is InChI=1S/C7H9BrF2N2/c1-2-6-5(8)3-12(11-6)4-7(9)10/h3,7H,2,4H2,1H3. The first kappa shape index (κ1) is 9.64. The average Bonchev–Trinajstić information content (AvgIpc) is 2.29. The molecule has 0 amide bonds. The maximum Gasteiger partial charge on any atom is 0.257 e. The maximum atomic E-state index is 11.9. The van der Waals surface area contributed by atoms with Crippen molar-refractivity contribution in [1.82, 2.24) is 9.78 Å². The molecule has 0 aliphatic carbocycles. The molecule has 0 saturated carbocycles. The van der Waals surface area contributed by atoms with Crippen molar-refractivity contribution in [2.75, 3.05) is 0 Å². The van der Waals surface area contributed by atoms with E-state index in [1.807, 2.05) is 6.92 Å². The lowest BCUT2D eigenvalue weighted by molar-refractivity contribution is 0.121. The third-order valence-electron chi connectivity index (χ3n) is 1.45. The second-order valence-electron chi connectivity index (χ2n) is 2.39. The third-order valence-corrected chi connectivity index (χ3v) is 2.11. The molecule has 1 aromatic heterocycles. The van der Waals surface area contributed by atoms with Crippen molar-refractivity contribution >= 4 is 15.9 Å². The SMILES string of the molecule is CCc1nn(CC(F)F)cc1Br. The number of aryl methyl sites for hydroxylation is 1. The lowest BCUT2D eigenvalue weighted by Crippen LogP contribution is -2.07. The van der Waals surface area contributed by atoms with Crippen LogP contribution in [0.25, 0.3) is 0 Å². The van der Waals surface area contributed by atoms with Gasteiger partial charge in [-0.25, -0.2) is 8.78 Å². The van der Waals surface area contributed by atoms with Gasteiger partial charge in [0.2, 0.25) is 0 Å². The smallest absolute Gasteiger partial charge is 0.257 e. The summed E-state index contributed by atoms with van der Waals surface area (Å²) in [5.74, 6) is 0. The molecule has 68 valence electrons. The van der Waals surface area contributed by atoms with E-state index < -0.39 is 6.43 Å². The molecular formula is C7H9BrF2N2. The van der Waals surface area contributed by atoms with Crippen molar-refractivity contribution in [1.29, 1.82) is 0 Å². The van der Waals surface area contributed by atoms with Crippen LogP contribution in [0, 0.1) is 0 Å². The van der Waals surface area contributed by atoms with Gasteiger partial charge in [-0.15, -0.1) is 0 Å². The van der Waals surface area contributed by atoms with Crippen molar-refractivity contribution in [3.8, 4) is 0 Å². The lowest BCUT2D eigenvalue weighted by Gasteiger charge is -1.97. The Morgan fingerprint density at radius 2 is 2.33 bits per heavy atom. The summed E-state index contributed by atoms with van der Waals surface area (Å²) in [7, 11) is 0. The third kappa shape index (κ3) is 2.27. The Morgan fingerprint density at radius 3 is 2.75 bits per heavy atom. The first-order valence-corrected chi connectivity index (χ1v) is 4.42. The van der Waals surface area contributed by atoms with Crippen molar-refractivity contribution in [3.63, 3.8) is 0 Å². The quantitative estimate of drug-likeness (QED) is 0.792. The van der Waals surface area contributed by atoms with Crippen LogP contribution in [-0.2, 0) is 13.0 Å². The van der Waals surface area contributed by atoms with E-state index in [2.05, 4.69) is 21.0 Å². The van der Waals surface area contributed by atoms with Gasteiger partial charge in [0.1, 0.15) is 6.54 Å². The number of hydrogen-bond donors (Lipinski definition) is 0. The van der Waals surface area contributed by atoms with Crippen LogP contribution in [0.1, 0.15) is 12.6 Å². The number of aromatic nitrogens is 2. The molecule has 0 radical (unpaired) electrons. The van der Waals surface area contributed by atoms with Crippen LogP contribution in [0.5, 0.6) is 0 Å². The zero-order chi connectivity index (χ0) is 9.14. The molecule has 0 atom stereocenters. The van der Waals surface area contributed by atoms with Crippen LogP contribution in [0.2, 0.25) is 0 Å². The van der Waals surface area contributed by atoms with E-state index in [0.29, 0.717) is 0 Å². The van der Waals surface area contributed by atoms with Gasteiger partial charge in [0, 0.05) is 6.20 Å². The molecule has 0 bridgehead atoms. The van der Waals surface area contributed by atoms with Gasteiger partial charge in [0.25, 0.3) is 6.43 Å². The first-order chi connectivity index (χ1) is 5.63. The molecule has 0 aliphatic heterocycles. The summed E-state index contributed by atoms with van der Waals surface area (Å²) < 4.78 is 25.8. The summed E-state index contributed by atoms with van der Waals surface area (Å²) in [6.07, 6.45) is -0.0246. The van der Waals surface area contributed by atoms with E-state index in [-0.39, 0.29) is 6.54 Å².